The lowest BCUT2D eigenvalue weighted by atomic mass is 9.77. The molecule has 4 atom stereocenters. The van der Waals surface area contributed by atoms with E-state index >= 15 is 0 Å². The normalized spacial score (nSPS) is 30.1. The first-order valence-electron chi connectivity index (χ1n) is 9.69. The van der Waals surface area contributed by atoms with Crippen LogP contribution in [0.3, 0.4) is 0 Å². The van der Waals surface area contributed by atoms with Crippen molar-refractivity contribution in [2.45, 2.75) is 11.7 Å². The van der Waals surface area contributed by atoms with Crippen LogP contribution in [0, 0.1) is 17.7 Å². The number of anilines is 2. The van der Waals surface area contributed by atoms with Gasteiger partial charge in [0.25, 0.3) is 0 Å². The highest BCUT2D eigenvalue weighted by Gasteiger charge is 2.67. The lowest BCUT2D eigenvalue weighted by molar-refractivity contribution is -0.128. The van der Waals surface area contributed by atoms with E-state index in [1.807, 2.05) is 12.2 Å². The van der Waals surface area contributed by atoms with Crippen molar-refractivity contribution in [3.63, 3.8) is 0 Å². The number of nitrogens with zero attached hydrogens (tertiary/aromatic N) is 1. The standard InChI is InChI=1S/C22H17FN2O5/c23-12-2-1-3-13(8-12)24-20(26)18-16-6-7-22(30-16)10-25(21(27)19(18)22)14-4-5-15-17(9-14)29-11-28-15/h1-9,16,18-19H,10-11H2,(H,24,26)/t16-,18-,19+,22+/m1/s1. The second-order valence-electron chi connectivity index (χ2n) is 7.86. The van der Waals surface area contributed by atoms with Gasteiger partial charge in [-0.05, 0) is 30.3 Å². The van der Waals surface area contributed by atoms with Crippen molar-refractivity contribution in [3.05, 3.63) is 60.4 Å². The molecule has 0 aromatic heterocycles. The summed E-state index contributed by atoms with van der Waals surface area (Å²) in [5.41, 5.74) is 0.166. The summed E-state index contributed by atoms with van der Waals surface area (Å²) in [7, 11) is 0. The van der Waals surface area contributed by atoms with Gasteiger partial charge in [0.15, 0.2) is 11.5 Å². The van der Waals surface area contributed by atoms with Crippen LogP contribution in [0.15, 0.2) is 54.6 Å². The Hall–Kier alpha value is -3.39. The van der Waals surface area contributed by atoms with Gasteiger partial charge in [0.1, 0.15) is 11.4 Å². The lowest BCUT2D eigenvalue weighted by Crippen LogP contribution is -2.41. The molecule has 2 fully saturated rings. The van der Waals surface area contributed by atoms with Gasteiger partial charge in [-0.2, -0.15) is 0 Å². The van der Waals surface area contributed by atoms with Gasteiger partial charge < -0.3 is 24.4 Å². The minimum atomic E-state index is -0.845. The summed E-state index contributed by atoms with van der Waals surface area (Å²) < 4.78 is 30.4. The van der Waals surface area contributed by atoms with Crippen LogP contribution in [0.1, 0.15) is 0 Å². The largest absolute Gasteiger partial charge is 0.454 e. The molecule has 2 bridgehead atoms. The SMILES string of the molecule is O=C(Nc1cccc(F)c1)[C@H]1[C@H]2C(=O)N(c3ccc4c(c3)OCO4)C[C@@]23C=C[C@H]1O3. The van der Waals surface area contributed by atoms with E-state index < -0.39 is 29.4 Å². The predicted octanol–water partition coefficient (Wildman–Crippen LogP) is 2.48. The molecular formula is C22H17FN2O5. The first-order valence-corrected chi connectivity index (χ1v) is 9.69. The maximum atomic E-state index is 13.5. The summed E-state index contributed by atoms with van der Waals surface area (Å²) in [5.74, 6) is -1.11. The first-order chi connectivity index (χ1) is 14.5. The number of nitrogens with one attached hydrogen (secondary N) is 1. The fourth-order valence-corrected chi connectivity index (χ4v) is 4.86. The van der Waals surface area contributed by atoms with Crippen LogP contribution in [-0.4, -0.2) is 36.9 Å². The molecule has 0 aliphatic carbocycles. The van der Waals surface area contributed by atoms with Crippen molar-refractivity contribution in [1.82, 2.24) is 0 Å². The number of benzene rings is 2. The maximum absolute atomic E-state index is 13.5. The first kappa shape index (κ1) is 17.5. The highest BCUT2D eigenvalue weighted by Crippen LogP contribution is 2.53. The second-order valence-corrected chi connectivity index (χ2v) is 7.86. The molecule has 6 rings (SSSR count). The zero-order chi connectivity index (χ0) is 20.5. The number of carbonyl (C=O) groups is 2. The molecule has 2 saturated heterocycles. The summed E-state index contributed by atoms with van der Waals surface area (Å²) in [5, 5.41) is 2.73. The van der Waals surface area contributed by atoms with Crippen molar-refractivity contribution in [1.29, 1.82) is 0 Å². The minimum Gasteiger partial charge on any atom is -0.454 e. The van der Waals surface area contributed by atoms with Crippen LogP contribution in [-0.2, 0) is 14.3 Å². The van der Waals surface area contributed by atoms with Gasteiger partial charge in [-0.3, -0.25) is 9.59 Å². The average molecular weight is 408 g/mol. The Labute approximate surface area is 171 Å². The number of hydrogen-bond donors (Lipinski definition) is 1. The van der Waals surface area contributed by atoms with Crippen molar-refractivity contribution in [3.8, 4) is 11.5 Å². The summed E-state index contributed by atoms with van der Waals surface area (Å²) in [6, 6.07) is 11.0. The van der Waals surface area contributed by atoms with E-state index in [0.29, 0.717) is 29.4 Å². The monoisotopic (exact) mass is 408 g/mol. The minimum absolute atomic E-state index is 0.148. The molecule has 2 amide bonds. The molecule has 4 aliphatic heterocycles. The van der Waals surface area contributed by atoms with Crippen LogP contribution in [0.4, 0.5) is 15.8 Å². The van der Waals surface area contributed by atoms with Gasteiger partial charge in [-0.15, -0.1) is 0 Å². The van der Waals surface area contributed by atoms with Crippen LogP contribution in [0.5, 0.6) is 11.5 Å². The number of halogens is 1. The van der Waals surface area contributed by atoms with Gasteiger partial charge in [0.05, 0.1) is 24.5 Å². The highest BCUT2D eigenvalue weighted by atomic mass is 19.1. The van der Waals surface area contributed by atoms with Gasteiger partial charge in [-0.1, -0.05) is 18.2 Å². The number of carbonyl (C=O) groups excluding carboxylic acids is 2. The third-order valence-corrected chi connectivity index (χ3v) is 6.16. The Morgan fingerprint density at radius 2 is 2.03 bits per heavy atom. The molecule has 1 spiro atoms. The Morgan fingerprint density at radius 3 is 2.90 bits per heavy atom. The molecule has 30 heavy (non-hydrogen) atoms. The number of hydrogen-bond acceptors (Lipinski definition) is 5. The molecule has 4 aliphatic rings. The average Bonchev–Trinajstić information content (AvgIpc) is 3.48. The van der Waals surface area contributed by atoms with Crippen LogP contribution < -0.4 is 19.7 Å². The Morgan fingerprint density at radius 1 is 1.17 bits per heavy atom. The molecule has 0 unspecified atom stereocenters. The Bertz CT molecular complexity index is 1120. The zero-order valence-corrected chi connectivity index (χ0v) is 15.7. The van der Waals surface area contributed by atoms with Gasteiger partial charge in [-0.25, -0.2) is 4.39 Å². The van der Waals surface area contributed by atoms with E-state index in [-0.39, 0.29) is 18.6 Å². The van der Waals surface area contributed by atoms with Crippen molar-refractivity contribution >= 4 is 23.2 Å². The molecule has 0 saturated carbocycles. The maximum Gasteiger partial charge on any atom is 0.234 e. The quantitative estimate of drug-likeness (QED) is 0.790. The van der Waals surface area contributed by atoms with Crippen LogP contribution >= 0.6 is 0 Å². The molecular weight excluding hydrogens is 391 g/mol. The second kappa shape index (κ2) is 6.06. The van der Waals surface area contributed by atoms with E-state index in [1.165, 1.54) is 18.2 Å². The third-order valence-electron chi connectivity index (χ3n) is 6.16. The molecule has 8 heteroatoms. The van der Waals surface area contributed by atoms with Gasteiger partial charge >= 0.3 is 0 Å². The number of fused-ring (bicyclic) bond motifs is 2. The van der Waals surface area contributed by atoms with Crippen LogP contribution in [0.2, 0.25) is 0 Å². The molecule has 2 aromatic carbocycles. The summed E-state index contributed by atoms with van der Waals surface area (Å²) in [6.07, 6.45) is 3.24. The van der Waals surface area contributed by atoms with E-state index in [2.05, 4.69) is 5.32 Å². The summed E-state index contributed by atoms with van der Waals surface area (Å²) >= 11 is 0. The molecule has 152 valence electrons. The molecule has 2 aromatic rings. The fourth-order valence-electron chi connectivity index (χ4n) is 4.86. The topological polar surface area (TPSA) is 77.1 Å². The zero-order valence-electron chi connectivity index (χ0n) is 15.7. The van der Waals surface area contributed by atoms with Gasteiger partial charge in [0.2, 0.25) is 18.6 Å². The number of ether oxygens (including phenoxy) is 3. The molecule has 1 N–H and O–H groups in total. The summed E-state index contributed by atoms with van der Waals surface area (Å²) in [6.45, 7) is 0.460. The van der Waals surface area contributed by atoms with E-state index in [1.54, 1.807) is 29.2 Å². The Balaban J connectivity index is 1.30. The molecule has 7 nitrogen and oxygen atoms in total. The van der Waals surface area contributed by atoms with E-state index in [0.717, 1.165) is 0 Å². The van der Waals surface area contributed by atoms with Crippen molar-refractivity contribution in [2.24, 2.45) is 11.8 Å². The number of rotatable bonds is 3. The predicted molar refractivity (Wildman–Crippen MR) is 104 cm³/mol. The van der Waals surface area contributed by atoms with Crippen molar-refractivity contribution in [2.75, 3.05) is 23.6 Å². The fraction of sp³-hybridized carbons (Fsp3) is 0.273. The highest BCUT2D eigenvalue weighted by molar-refractivity contribution is 6.05. The summed E-state index contributed by atoms with van der Waals surface area (Å²) in [4.78, 5) is 28.1. The number of amides is 2. The lowest BCUT2D eigenvalue weighted by Gasteiger charge is -2.23. The smallest absolute Gasteiger partial charge is 0.234 e. The van der Waals surface area contributed by atoms with Gasteiger partial charge in [0, 0.05) is 17.4 Å². The Kier molecular flexibility index (Phi) is 3.53. The molecule has 4 heterocycles. The van der Waals surface area contributed by atoms with Crippen LogP contribution in [0.25, 0.3) is 0 Å². The third kappa shape index (κ3) is 2.40. The molecule has 0 radical (unpaired) electrons. The van der Waals surface area contributed by atoms with E-state index in [4.69, 9.17) is 14.2 Å². The van der Waals surface area contributed by atoms with Crippen molar-refractivity contribution < 1.29 is 28.2 Å². The van der Waals surface area contributed by atoms with E-state index in [9.17, 15) is 14.0 Å².